The summed E-state index contributed by atoms with van der Waals surface area (Å²) in [6.07, 6.45) is 4.60. The fourth-order valence-electron chi connectivity index (χ4n) is 3.33. The maximum Gasteiger partial charge on any atom is 0.326 e. The van der Waals surface area contributed by atoms with Crippen LogP contribution in [0.5, 0.6) is 0 Å². The Hall–Kier alpha value is -2.91. The molecule has 2 fully saturated rings. The monoisotopic (exact) mass is 380 g/mol. The van der Waals surface area contributed by atoms with E-state index >= 15 is 0 Å². The van der Waals surface area contributed by atoms with Crippen LogP contribution in [-0.4, -0.2) is 60.0 Å². The molecule has 0 aromatic carbocycles. The standard InChI is InChI=1S/C17H24N4O6/c1-3-8-18-15(25)19-12(22)10-27-13(23)9-21-14(24)17(20-16(21)26)7-5-4-6-11(17)2/h3,11H,1,4-10H2,2H3,(H,20,26)(H2,18,19,22,25)/t11-,17+/m1/s1. The van der Waals surface area contributed by atoms with Crippen LogP contribution < -0.4 is 16.0 Å². The van der Waals surface area contributed by atoms with Crippen LogP contribution in [0.2, 0.25) is 0 Å². The van der Waals surface area contributed by atoms with Crippen LogP contribution in [0.4, 0.5) is 9.59 Å². The molecule has 10 heteroatoms. The van der Waals surface area contributed by atoms with E-state index in [0.717, 1.165) is 24.2 Å². The predicted molar refractivity (Wildman–Crippen MR) is 93.3 cm³/mol. The molecule has 1 saturated carbocycles. The van der Waals surface area contributed by atoms with E-state index in [4.69, 9.17) is 4.74 Å². The van der Waals surface area contributed by atoms with Gasteiger partial charge >= 0.3 is 18.0 Å². The van der Waals surface area contributed by atoms with Gasteiger partial charge in [-0.05, 0) is 18.8 Å². The Labute approximate surface area is 156 Å². The first-order chi connectivity index (χ1) is 12.8. The molecule has 2 aliphatic rings. The fraction of sp³-hybridized carbons (Fsp3) is 0.588. The first kappa shape index (κ1) is 20.4. The second-order valence-electron chi connectivity index (χ2n) is 6.65. The van der Waals surface area contributed by atoms with E-state index in [1.165, 1.54) is 6.08 Å². The molecule has 6 amide bonds. The Morgan fingerprint density at radius 2 is 2.11 bits per heavy atom. The number of rotatable bonds is 6. The second-order valence-corrected chi connectivity index (χ2v) is 6.65. The minimum atomic E-state index is -0.962. The number of hydrogen-bond donors (Lipinski definition) is 3. The molecule has 1 aliphatic carbocycles. The smallest absolute Gasteiger partial charge is 0.326 e. The van der Waals surface area contributed by atoms with Gasteiger partial charge in [0.25, 0.3) is 11.8 Å². The Morgan fingerprint density at radius 3 is 2.78 bits per heavy atom. The van der Waals surface area contributed by atoms with Gasteiger partial charge in [0.15, 0.2) is 6.61 Å². The molecule has 2 atom stereocenters. The molecular weight excluding hydrogens is 356 g/mol. The van der Waals surface area contributed by atoms with Crippen molar-refractivity contribution < 1.29 is 28.7 Å². The highest BCUT2D eigenvalue weighted by Crippen LogP contribution is 2.38. The van der Waals surface area contributed by atoms with Crippen LogP contribution in [0.3, 0.4) is 0 Å². The zero-order valence-corrected chi connectivity index (χ0v) is 15.2. The normalized spacial score (nSPS) is 24.3. The number of nitrogens with zero attached hydrogens (tertiary/aromatic N) is 1. The number of imide groups is 2. The first-order valence-electron chi connectivity index (χ1n) is 8.78. The summed E-state index contributed by atoms with van der Waals surface area (Å²) in [5, 5.41) is 7.01. The van der Waals surface area contributed by atoms with Crippen molar-refractivity contribution >= 4 is 29.8 Å². The lowest BCUT2D eigenvalue weighted by atomic mass is 9.73. The molecule has 0 aromatic heterocycles. The molecule has 1 saturated heterocycles. The van der Waals surface area contributed by atoms with Gasteiger partial charge in [-0.25, -0.2) is 9.59 Å². The molecule has 148 valence electrons. The van der Waals surface area contributed by atoms with E-state index < -0.39 is 48.5 Å². The summed E-state index contributed by atoms with van der Waals surface area (Å²) in [7, 11) is 0. The van der Waals surface area contributed by atoms with E-state index in [0.29, 0.717) is 6.42 Å². The van der Waals surface area contributed by atoms with Crippen LogP contribution in [-0.2, 0) is 19.1 Å². The molecule has 2 rings (SSSR count). The minimum absolute atomic E-state index is 0.0245. The Bertz CT molecular complexity index is 664. The summed E-state index contributed by atoms with van der Waals surface area (Å²) in [5.74, 6) is -2.21. The zero-order chi connectivity index (χ0) is 20.0. The predicted octanol–water partition coefficient (Wildman–Crippen LogP) is 0.0421. The van der Waals surface area contributed by atoms with Crippen LogP contribution in [0.1, 0.15) is 32.6 Å². The second kappa shape index (κ2) is 8.65. The summed E-state index contributed by atoms with van der Waals surface area (Å²) >= 11 is 0. The number of amides is 6. The van der Waals surface area contributed by atoms with Crippen LogP contribution >= 0.6 is 0 Å². The van der Waals surface area contributed by atoms with Crippen molar-refractivity contribution in [3.05, 3.63) is 12.7 Å². The average molecular weight is 380 g/mol. The Kier molecular flexibility index (Phi) is 6.54. The van der Waals surface area contributed by atoms with Crippen LogP contribution in [0, 0.1) is 5.92 Å². The largest absolute Gasteiger partial charge is 0.454 e. The Morgan fingerprint density at radius 1 is 1.37 bits per heavy atom. The molecule has 1 aliphatic heterocycles. The highest BCUT2D eigenvalue weighted by atomic mass is 16.5. The van der Waals surface area contributed by atoms with E-state index in [1.54, 1.807) is 0 Å². The SMILES string of the molecule is C=CCNC(=O)NC(=O)COC(=O)CN1C(=O)N[C@]2(CCCC[C@H]2C)C1=O. The number of urea groups is 2. The van der Waals surface area contributed by atoms with Crippen molar-refractivity contribution in [3.63, 3.8) is 0 Å². The van der Waals surface area contributed by atoms with Crippen molar-refractivity contribution in [3.8, 4) is 0 Å². The molecule has 0 radical (unpaired) electrons. The lowest BCUT2D eigenvalue weighted by Gasteiger charge is -2.36. The third-order valence-electron chi connectivity index (χ3n) is 4.81. The van der Waals surface area contributed by atoms with Crippen LogP contribution in [0.25, 0.3) is 0 Å². The van der Waals surface area contributed by atoms with Gasteiger partial charge in [-0.1, -0.05) is 25.8 Å². The molecule has 3 N–H and O–H groups in total. The Balaban J connectivity index is 1.84. The van der Waals surface area contributed by atoms with E-state index in [9.17, 15) is 24.0 Å². The molecule has 1 heterocycles. The van der Waals surface area contributed by atoms with Gasteiger partial charge in [0.1, 0.15) is 12.1 Å². The minimum Gasteiger partial charge on any atom is -0.454 e. The molecule has 1 spiro atoms. The van der Waals surface area contributed by atoms with E-state index in [2.05, 4.69) is 17.2 Å². The molecule has 27 heavy (non-hydrogen) atoms. The number of nitrogens with one attached hydrogen (secondary N) is 3. The van der Waals surface area contributed by atoms with Gasteiger partial charge in [-0.2, -0.15) is 0 Å². The van der Waals surface area contributed by atoms with Gasteiger partial charge < -0.3 is 15.4 Å². The molecule has 0 unspecified atom stereocenters. The topological polar surface area (TPSA) is 134 Å². The van der Waals surface area contributed by atoms with Crippen molar-refractivity contribution in [2.45, 2.75) is 38.1 Å². The fourth-order valence-corrected chi connectivity index (χ4v) is 3.33. The van der Waals surface area contributed by atoms with E-state index in [1.807, 2.05) is 12.2 Å². The maximum atomic E-state index is 12.7. The average Bonchev–Trinajstić information content (AvgIpc) is 2.86. The number of ether oxygens (including phenoxy) is 1. The highest BCUT2D eigenvalue weighted by molar-refractivity contribution is 6.09. The first-order valence-corrected chi connectivity index (χ1v) is 8.78. The number of hydrogen-bond acceptors (Lipinski definition) is 6. The number of esters is 1. The van der Waals surface area contributed by atoms with Gasteiger partial charge in [0.05, 0.1) is 0 Å². The molecule has 10 nitrogen and oxygen atoms in total. The number of carbonyl (C=O) groups is 5. The molecule has 0 bridgehead atoms. The lowest BCUT2D eigenvalue weighted by Crippen LogP contribution is -2.54. The van der Waals surface area contributed by atoms with Crippen molar-refractivity contribution in [1.29, 1.82) is 0 Å². The number of carbonyl (C=O) groups excluding carboxylic acids is 5. The van der Waals surface area contributed by atoms with Crippen molar-refractivity contribution in [2.75, 3.05) is 19.7 Å². The van der Waals surface area contributed by atoms with Gasteiger partial charge in [0.2, 0.25) is 0 Å². The van der Waals surface area contributed by atoms with Gasteiger partial charge in [0, 0.05) is 6.54 Å². The van der Waals surface area contributed by atoms with Gasteiger partial charge in [-0.3, -0.25) is 24.6 Å². The van der Waals surface area contributed by atoms with Crippen LogP contribution in [0.15, 0.2) is 12.7 Å². The quantitative estimate of drug-likeness (QED) is 0.338. The maximum absolute atomic E-state index is 12.7. The van der Waals surface area contributed by atoms with Crippen molar-refractivity contribution in [1.82, 2.24) is 20.9 Å². The summed E-state index contributed by atoms with van der Waals surface area (Å²) in [6.45, 7) is 4.19. The summed E-state index contributed by atoms with van der Waals surface area (Å²) in [4.78, 5) is 60.4. The lowest BCUT2D eigenvalue weighted by molar-refractivity contribution is -0.151. The molecule has 0 aromatic rings. The van der Waals surface area contributed by atoms with E-state index in [-0.39, 0.29) is 12.5 Å². The van der Waals surface area contributed by atoms with Crippen molar-refractivity contribution in [2.24, 2.45) is 5.92 Å². The third-order valence-corrected chi connectivity index (χ3v) is 4.81. The zero-order valence-electron chi connectivity index (χ0n) is 15.2. The third kappa shape index (κ3) is 4.63. The summed E-state index contributed by atoms with van der Waals surface area (Å²) in [6, 6.07) is -1.39. The molecular formula is C17H24N4O6. The van der Waals surface area contributed by atoms with Gasteiger partial charge in [-0.15, -0.1) is 6.58 Å². The highest BCUT2D eigenvalue weighted by Gasteiger charge is 2.55. The summed E-state index contributed by atoms with van der Waals surface area (Å²) in [5.41, 5.74) is -0.962. The summed E-state index contributed by atoms with van der Waals surface area (Å²) < 4.78 is 4.75.